The average molecular weight is 332 g/mol. The molecule has 0 atom stereocenters. The average Bonchev–Trinajstić information content (AvgIpc) is 2.86. The zero-order valence-corrected chi connectivity index (χ0v) is 13.4. The van der Waals surface area contributed by atoms with E-state index in [0.29, 0.717) is 11.3 Å². The van der Waals surface area contributed by atoms with Gasteiger partial charge in [-0.15, -0.1) is 0 Å². The molecule has 0 saturated heterocycles. The fourth-order valence-electron chi connectivity index (χ4n) is 2.14. The van der Waals surface area contributed by atoms with E-state index in [1.807, 2.05) is 0 Å². The molecule has 0 radical (unpaired) electrons. The second-order valence-corrected chi connectivity index (χ2v) is 5.06. The van der Waals surface area contributed by atoms with Gasteiger partial charge >= 0.3 is 11.9 Å². The molecule has 2 rings (SSSR count). The molecule has 0 fully saturated rings. The van der Waals surface area contributed by atoms with Crippen LogP contribution in [0.25, 0.3) is 0 Å². The van der Waals surface area contributed by atoms with Gasteiger partial charge in [-0.05, 0) is 25.1 Å². The van der Waals surface area contributed by atoms with E-state index in [9.17, 15) is 19.5 Å². The number of ether oxygens (including phenoxy) is 2. The molecule has 126 valence electrons. The zero-order valence-electron chi connectivity index (χ0n) is 13.4. The minimum Gasteiger partial charge on any atom is -0.507 e. The summed E-state index contributed by atoms with van der Waals surface area (Å²) >= 11 is 0. The van der Waals surface area contributed by atoms with Crippen LogP contribution in [0.15, 0.2) is 28.7 Å². The number of aryl methyl sites for hydroxylation is 1. The summed E-state index contributed by atoms with van der Waals surface area (Å²) in [7, 11) is 1.23. The van der Waals surface area contributed by atoms with Crippen LogP contribution < -0.4 is 4.74 Å². The van der Waals surface area contributed by atoms with Gasteiger partial charge in [-0.3, -0.25) is 9.59 Å². The Morgan fingerprint density at radius 2 is 1.92 bits per heavy atom. The first kappa shape index (κ1) is 17.3. The summed E-state index contributed by atoms with van der Waals surface area (Å²) in [5.41, 5.74) is 0.593. The molecule has 0 aliphatic carbocycles. The summed E-state index contributed by atoms with van der Waals surface area (Å²) in [6.45, 7) is 2.86. The first-order valence-electron chi connectivity index (χ1n) is 7.04. The molecule has 1 N–H and O–H groups in total. The SMILES string of the molecule is COC(=O)c1cc(CC(=O)c2ccc(OC(C)=O)cc2O)c(C)o1. The number of phenolic OH excluding ortho intramolecular Hbond substituents is 1. The van der Waals surface area contributed by atoms with Crippen LogP contribution in [0.1, 0.15) is 39.2 Å². The third kappa shape index (κ3) is 3.81. The number of rotatable bonds is 5. The first-order valence-corrected chi connectivity index (χ1v) is 7.04. The summed E-state index contributed by atoms with van der Waals surface area (Å²) in [6, 6.07) is 5.41. The maximum Gasteiger partial charge on any atom is 0.373 e. The van der Waals surface area contributed by atoms with Crippen LogP contribution in [0, 0.1) is 6.92 Å². The van der Waals surface area contributed by atoms with E-state index in [1.165, 1.54) is 38.3 Å². The van der Waals surface area contributed by atoms with E-state index >= 15 is 0 Å². The predicted molar refractivity (Wildman–Crippen MR) is 82.2 cm³/mol. The van der Waals surface area contributed by atoms with Crippen molar-refractivity contribution in [2.45, 2.75) is 20.3 Å². The van der Waals surface area contributed by atoms with Gasteiger partial charge in [-0.2, -0.15) is 0 Å². The lowest BCUT2D eigenvalue weighted by atomic mass is 10.0. The third-order valence-electron chi connectivity index (χ3n) is 3.29. The highest BCUT2D eigenvalue weighted by molar-refractivity contribution is 6.00. The fraction of sp³-hybridized carbons (Fsp3) is 0.235. The number of benzene rings is 1. The quantitative estimate of drug-likeness (QED) is 0.509. The number of carbonyl (C=O) groups excluding carboxylic acids is 3. The Morgan fingerprint density at radius 3 is 2.50 bits per heavy atom. The molecule has 7 nitrogen and oxygen atoms in total. The summed E-state index contributed by atoms with van der Waals surface area (Å²) < 4.78 is 14.6. The maximum atomic E-state index is 12.3. The molecule has 1 aromatic carbocycles. The smallest absolute Gasteiger partial charge is 0.373 e. The van der Waals surface area contributed by atoms with E-state index in [2.05, 4.69) is 4.74 Å². The summed E-state index contributed by atoms with van der Waals surface area (Å²) in [5.74, 6) is -1.27. The van der Waals surface area contributed by atoms with Gasteiger partial charge in [0.15, 0.2) is 5.78 Å². The van der Waals surface area contributed by atoms with Gasteiger partial charge in [0.2, 0.25) is 5.76 Å². The van der Waals surface area contributed by atoms with Crippen molar-refractivity contribution in [2.75, 3.05) is 7.11 Å². The predicted octanol–water partition coefficient (Wildman–Crippen LogP) is 2.43. The van der Waals surface area contributed by atoms with Crippen molar-refractivity contribution in [3.05, 3.63) is 46.9 Å². The Kier molecular flexibility index (Phi) is 5.03. The van der Waals surface area contributed by atoms with E-state index in [-0.39, 0.29) is 35.0 Å². The Bertz CT molecular complexity index is 801. The minimum absolute atomic E-state index is 0.00669. The number of methoxy groups -OCH3 is 1. The number of Topliss-reactive ketones (excluding diaryl/α,β-unsaturated/α-hetero) is 1. The monoisotopic (exact) mass is 332 g/mol. The maximum absolute atomic E-state index is 12.3. The van der Waals surface area contributed by atoms with Crippen LogP contribution in [0.5, 0.6) is 11.5 Å². The lowest BCUT2D eigenvalue weighted by Gasteiger charge is -2.06. The van der Waals surface area contributed by atoms with Crippen LogP contribution in [0.4, 0.5) is 0 Å². The number of carbonyl (C=O) groups is 3. The highest BCUT2D eigenvalue weighted by Crippen LogP contribution is 2.26. The van der Waals surface area contributed by atoms with Gasteiger partial charge in [0.25, 0.3) is 0 Å². The molecular formula is C17H16O7. The number of esters is 2. The molecule has 0 unspecified atom stereocenters. The number of aromatic hydroxyl groups is 1. The molecule has 0 aliphatic heterocycles. The second-order valence-electron chi connectivity index (χ2n) is 5.06. The van der Waals surface area contributed by atoms with E-state index in [0.717, 1.165) is 0 Å². The first-order chi connectivity index (χ1) is 11.3. The Hall–Kier alpha value is -3.09. The number of phenols is 1. The van der Waals surface area contributed by atoms with Crippen LogP contribution >= 0.6 is 0 Å². The molecule has 0 bridgehead atoms. The topological polar surface area (TPSA) is 103 Å². The normalized spacial score (nSPS) is 10.3. The molecule has 7 heteroatoms. The number of hydrogen-bond acceptors (Lipinski definition) is 7. The van der Waals surface area contributed by atoms with Crippen molar-refractivity contribution in [1.29, 1.82) is 0 Å². The van der Waals surface area contributed by atoms with E-state index in [1.54, 1.807) is 6.92 Å². The minimum atomic E-state index is -0.634. The molecule has 0 saturated carbocycles. The molecule has 24 heavy (non-hydrogen) atoms. The van der Waals surface area contributed by atoms with Crippen LogP contribution in [0.3, 0.4) is 0 Å². The highest BCUT2D eigenvalue weighted by Gasteiger charge is 2.19. The van der Waals surface area contributed by atoms with Gasteiger partial charge < -0.3 is 19.0 Å². The molecule has 1 aromatic heterocycles. The van der Waals surface area contributed by atoms with E-state index < -0.39 is 11.9 Å². The molecule has 0 aliphatic rings. The van der Waals surface area contributed by atoms with Gasteiger partial charge in [-0.25, -0.2) is 4.79 Å². The van der Waals surface area contributed by atoms with Crippen LogP contribution in [-0.4, -0.2) is 29.9 Å². The summed E-state index contributed by atoms with van der Waals surface area (Å²) in [5, 5.41) is 9.94. The Labute approximate surface area is 137 Å². The van der Waals surface area contributed by atoms with Crippen LogP contribution in [0.2, 0.25) is 0 Å². The molecule has 2 aromatic rings. The summed E-state index contributed by atoms with van der Waals surface area (Å²) in [4.78, 5) is 34.7. The van der Waals surface area contributed by atoms with Gasteiger partial charge in [-0.1, -0.05) is 0 Å². The highest BCUT2D eigenvalue weighted by atomic mass is 16.5. The van der Waals surface area contributed by atoms with Crippen molar-refractivity contribution in [1.82, 2.24) is 0 Å². The lowest BCUT2D eigenvalue weighted by molar-refractivity contribution is -0.131. The van der Waals surface area contributed by atoms with Gasteiger partial charge in [0.1, 0.15) is 17.3 Å². The van der Waals surface area contributed by atoms with E-state index in [4.69, 9.17) is 9.15 Å². The third-order valence-corrected chi connectivity index (χ3v) is 3.29. The van der Waals surface area contributed by atoms with Gasteiger partial charge in [0.05, 0.1) is 12.7 Å². The Balaban J connectivity index is 2.19. The second kappa shape index (κ2) is 6.99. The molecule has 0 spiro atoms. The lowest BCUT2D eigenvalue weighted by Crippen LogP contribution is -2.06. The summed E-state index contributed by atoms with van der Waals surface area (Å²) in [6.07, 6.45) is -0.0627. The largest absolute Gasteiger partial charge is 0.507 e. The van der Waals surface area contributed by atoms with Crippen LogP contribution in [-0.2, 0) is 16.0 Å². The van der Waals surface area contributed by atoms with Crippen molar-refractivity contribution in [3.8, 4) is 11.5 Å². The molecule has 1 heterocycles. The van der Waals surface area contributed by atoms with Crippen molar-refractivity contribution >= 4 is 17.7 Å². The Morgan fingerprint density at radius 1 is 1.21 bits per heavy atom. The van der Waals surface area contributed by atoms with Gasteiger partial charge in [0, 0.05) is 25.0 Å². The molecular weight excluding hydrogens is 316 g/mol. The standard InChI is InChI=1S/C17H16O7/c1-9-11(7-16(23-9)17(21)22-3)6-14(19)13-5-4-12(8-15(13)20)24-10(2)18/h4-5,7-8,20H,6H2,1-3H3. The fourth-order valence-corrected chi connectivity index (χ4v) is 2.14. The molecule has 0 amide bonds. The van der Waals surface area contributed by atoms with Crippen molar-refractivity contribution in [2.24, 2.45) is 0 Å². The number of hydrogen-bond donors (Lipinski definition) is 1. The van der Waals surface area contributed by atoms with Crippen molar-refractivity contribution in [3.63, 3.8) is 0 Å². The zero-order chi connectivity index (χ0) is 17.9. The number of ketones is 1. The van der Waals surface area contributed by atoms with Crippen molar-refractivity contribution < 1.29 is 33.4 Å². The number of furan rings is 1.